The molecule has 13 heteroatoms. The number of aryl methyl sites for hydroxylation is 3. The number of imide groups is 1. The Labute approximate surface area is 305 Å². The Balaban J connectivity index is 1.11. The summed E-state index contributed by atoms with van der Waals surface area (Å²) in [4.78, 5) is 60.7. The number of benzene rings is 2. The summed E-state index contributed by atoms with van der Waals surface area (Å²) >= 11 is 0. The van der Waals surface area contributed by atoms with Crippen LogP contribution in [-0.4, -0.2) is 63.9 Å². The summed E-state index contributed by atoms with van der Waals surface area (Å²) in [6, 6.07) is 13.1. The predicted octanol–water partition coefficient (Wildman–Crippen LogP) is 4.74. The number of primary amides is 1. The third-order valence-corrected chi connectivity index (χ3v) is 9.19. The smallest absolute Gasteiger partial charge is 0.407 e. The van der Waals surface area contributed by atoms with Crippen molar-refractivity contribution in [2.45, 2.75) is 122 Å². The standard InChI is InChI=1S/C39H55N5O8/c1-26(30(17-20-34(40)45)41-37(48)52-39(2,3)4)51-25-29-14-12-27(13-15-29)11-9-23-50-22-8-6-7-10-28-16-18-31-33(24-28)43(5)38(49)44(31)32-19-21-35(46)42-36(32)47/h12-16,18,24,26,30,32H,6-11,17,19-23,25H2,1-5H3,(H2,40,45)(H,41,48)(H,42,46,47)/t26-,30+,32?/m1/s1. The number of imidazole rings is 1. The number of carbonyl (C=O) groups is 4. The maximum atomic E-state index is 13.0. The van der Waals surface area contributed by atoms with Crippen molar-refractivity contribution in [1.82, 2.24) is 19.8 Å². The average molecular weight is 722 g/mol. The van der Waals surface area contributed by atoms with Gasteiger partial charge in [0.15, 0.2) is 0 Å². The van der Waals surface area contributed by atoms with Gasteiger partial charge in [-0.1, -0.05) is 36.8 Å². The molecule has 284 valence electrons. The number of aromatic nitrogens is 2. The molecule has 1 aliphatic rings. The van der Waals surface area contributed by atoms with Gasteiger partial charge in [0.25, 0.3) is 0 Å². The van der Waals surface area contributed by atoms with Gasteiger partial charge in [0, 0.05) is 33.1 Å². The third-order valence-electron chi connectivity index (χ3n) is 9.19. The highest BCUT2D eigenvalue weighted by atomic mass is 16.6. The molecular weight excluding hydrogens is 666 g/mol. The van der Waals surface area contributed by atoms with Gasteiger partial charge in [-0.2, -0.15) is 0 Å². The van der Waals surface area contributed by atoms with Gasteiger partial charge in [0.05, 0.1) is 29.8 Å². The van der Waals surface area contributed by atoms with Gasteiger partial charge in [0.1, 0.15) is 11.6 Å². The van der Waals surface area contributed by atoms with Crippen LogP contribution in [0.4, 0.5) is 4.79 Å². The molecule has 3 aromatic rings. The van der Waals surface area contributed by atoms with Crippen molar-refractivity contribution in [2.75, 3.05) is 13.2 Å². The first-order chi connectivity index (χ1) is 24.7. The maximum absolute atomic E-state index is 13.0. The molecule has 0 aliphatic carbocycles. The molecule has 0 bridgehead atoms. The zero-order valence-electron chi connectivity index (χ0n) is 31.2. The van der Waals surface area contributed by atoms with Crippen molar-refractivity contribution >= 4 is 34.8 Å². The molecule has 1 aromatic heterocycles. The van der Waals surface area contributed by atoms with E-state index in [-0.39, 0.29) is 30.5 Å². The molecule has 13 nitrogen and oxygen atoms in total. The first-order valence-electron chi connectivity index (χ1n) is 18.3. The normalized spacial score (nSPS) is 16.1. The van der Waals surface area contributed by atoms with Crippen LogP contribution in [0, 0.1) is 0 Å². The number of carbonyl (C=O) groups excluding carboxylic acids is 4. The number of nitrogens with two attached hydrogens (primary N) is 1. The van der Waals surface area contributed by atoms with E-state index in [2.05, 4.69) is 22.8 Å². The summed E-state index contributed by atoms with van der Waals surface area (Å²) < 4.78 is 20.4. The number of alkyl carbamates (subject to hydrolysis) is 1. The minimum absolute atomic E-state index is 0.128. The first kappa shape index (κ1) is 40.3. The first-order valence-corrected chi connectivity index (χ1v) is 18.3. The van der Waals surface area contributed by atoms with Crippen molar-refractivity contribution in [3.8, 4) is 0 Å². The molecule has 2 heterocycles. The van der Waals surface area contributed by atoms with Crippen molar-refractivity contribution < 1.29 is 33.4 Å². The summed E-state index contributed by atoms with van der Waals surface area (Å²) in [6.07, 6.45) is 5.79. The van der Waals surface area contributed by atoms with E-state index in [0.29, 0.717) is 38.2 Å². The van der Waals surface area contributed by atoms with E-state index in [9.17, 15) is 24.0 Å². The molecule has 4 rings (SSSR count). The molecule has 1 aliphatic heterocycles. The lowest BCUT2D eigenvalue weighted by molar-refractivity contribution is -0.135. The molecule has 4 N–H and O–H groups in total. The van der Waals surface area contributed by atoms with Crippen LogP contribution in [0.1, 0.15) is 102 Å². The van der Waals surface area contributed by atoms with E-state index >= 15 is 0 Å². The fourth-order valence-corrected chi connectivity index (χ4v) is 6.31. The molecule has 2 aromatic carbocycles. The van der Waals surface area contributed by atoms with Crippen LogP contribution in [0.25, 0.3) is 11.0 Å². The van der Waals surface area contributed by atoms with Crippen LogP contribution >= 0.6 is 0 Å². The number of amides is 4. The largest absolute Gasteiger partial charge is 0.444 e. The number of piperidine rings is 1. The minimum atomic E-state index is -0.681. The van der Waals surface area contributed by atoms with Crippen molar-refractivity contribution in [1.29, 1.82) is 0 Å². The molecule has 52 heavy (non-hydrogen) atoms. The lowest BCUT2D eigenvalue weighted by Crippen LogP contribution is -2.45. The van der Waals surface area contributed by atoms with E-state index in [1.165, 1.54) is 10.1 Å². The van der Waals surface area contributed by atoms with Crippen LogP contribution in [0.15, 0.2) is 47.3 Å². The molecule has 1 saturated heterocycles. The SMILES string of the molecule is C[C@@H](OCc1ccc(CCCOCCCCCc2ccc3c(c2)n(C)c(=O)n3C2CCC(=O)NC2=O)cc1)[C@H](CCC(N)=O)NC(=O)OC(C)(C)C. The highest BCUT2D eigenvalue weighted by Crippen LogP contribution is 2.24. The van der Waals surface area contributed by atoms with Gasteiger partial charge in [-0.15, -0.1) is 0 Å². The summed E-state index contributed by atoms with van der Waals surface area (Å²) in [7, 11) is 1.71. The van der Waals surface area contributed by atoms with Gasteiger partial charge >= 0.3 is 11.8 Å². The fourth-order valence-electron chi connectivity index (χ4n) is 6.31. The molecule has 0 spiro atoms. The number of nitrogens with one attached hydrogen (secondary N) is 2. The minimum Gasteiger partial charge on any atom is -0.444 e. The molecule has 4 amide bonds. The van der Waals surface area contributed by atoms with Gasteiger partial charge < -0.3 is 25.3 Å². The number of fused-ring (bicyclic) bond motifs is 1. The molecule has 0 saturated carbocycles. The molecule has 0 radical (unpaired) electrons. The number of unbranched alkanes of at least 4 members (excludes halogenated alkanes) is 2. The van der Waals surface area contributed by atoms with Crippen molar-refractivity contribution in [3.05, 3.63) is 69.6 Å². The number of ether oxygens (including phenoxy) is 3. The molecule has 1 fully saturated rings. The number of hydrogen-bond acceptors (Lipinski definition) is 8. The maximum Gasteiger partial charge on any atom is 0.407 e. The molecule has 3 atom stereocenters. The van der Waals surface area contributed by atoms with Crippen LogP contribution in [0.3, 0.4) is 0 Å². The van der Waals surface area contributed by atoms with E-state index < -0.39 is 35.6 Å². The lowest BCUT2D eigenvalue weighted by atomic mass is 10.0. The summed E-state index contributed by atoms with van der Waals surface area (Å²) in [5.41, 5.74) is 9.28. The highest BCUT2D eigenvalue weighted by Gasteiger charge is 2.31. The van der Waals surface area contributed by atoms with Crippen LogP contribution in [-0.2, 0) is 55.1 Å². The summed E-state index contributed by atoms with van der Waals surface area (Å²) in [5.74, 6) is -1.17. The monoisotopic (exact) mass is 721 g/mol. The third kappa shape index (κ3) is 12.0. The van der Waals surface area contributed by atoms with Gasteiger partial charge in [-0.05, 0) is 101 Å². The lowest BCUT2D eigenvalue weighted by Gasteiger charge is -2.27. The van der Waals surface area contributed by atoms with Crippen LogP contribution in [0.2, 0.25) is 0 Å². The zero-order chi connectivity index (χ0) is 37.8. The highest BCUT2D eigenvalue weighted by molar-refractivity contribution is 6.00. The Morgan fingerprint density at radius 3 is 2.31 bits per heavy atom. The summed E-state index contributed by atoms with van der Waals surface area (Å²) in [5, 5.41) is 5.16. The number of nitrogens with zero attached hydrogens (tertiary/aromatic N) is 2. The number of hydrogen-bond donors (Lipinski definition) is 3. The van der Waals surface area contributed by atoms with Gasteiger partial charge in [-0.3, -0.25) is 28.8 Å². The summed E-state index contributed by atoms with van der Waals surface area (Å²) in [6.45, 7) is 8.98. The topological polar surface area (TPSA) is 173 Å². The van der Waals surface area contributed by atoms with Crippen molar-refractivity contribution in [3.63, 3.8) is 0 Å². The fraction of sp³-hybridized carbons (Fsp3) is 0.564. The average Bonchev–Trinajstić information content (AvgIpc) is 3.32. The predicted molar refractivity (Wildman–Crippen MR) is 198 cm³/mol. The van der Waals surface area contributed by atoms with E-state index in [4.69, 9.17) is 19.9 Å². The van der Waals surface area contributed by atoms with E-state index in [0.717, 1.165) is 55.2 Å². The quantitative estimate of drug-likeness (QED) is 0.118. The van der Waals surface area contributed by atoms with E-state index in [1.807, 2.05) is 37.3 Å². The second-order valence-electron chi connectivity index (χ2n) is 14.6. The Morgan fingerprint density at radius 2 is 1.62 bits per heavy atom. The number of rotatable bonds is 19. The second-order valence-corrected chi connectivity index (χ2v) is 14.6. The Hall–Kier alpha value is -4.49. The van der Waals surface area contributed by atoms with Crippen molar-refractivity contribution in [2.24, 2.45) is 12.8 Å². The zero-order valence-corrected chi connectivity index (χ0v) is 31.2. The van der Waals surface area contributed by atoms with E-state index in [1.54, 1.807) is 32.4 Å². The van der Waals surface area contributed by atoms with Gasteiger partial charge in [0.2, 0.25) is 17.7 Å². The molecular formula is C39H55N5O8. The van der Waals surface area contributed by atoms with Crippen LogP contribution < -0.4 is 22.1 Å². The molecule has 1 unspecified atom stereocenters. The Kier molecular flexibility index (Phi) is 14.6. The Bertz CT molecular complexity index is 1740. The van der Waals surface area contributed by atoms with Crippen LogP contribution in [0.5, 0.6) is 0 Å². The second kappa shape index (κ2) is 18.8. The van der Waals surface area contributed by atoms with Gasteiger partial charge in [-0.25, -0.2) is 9.59 Å². The Morgan fingerprint density at radius 1 is 0.942 bits per heavy atom.